The molecule has 0 saturated heterocycles. The predicted molar refractivity (Wildman–Crippen MR) is 114 cm³/mol. The number of hydrogen-bond donors (Lipinski definition) is 1. The van der Waals surface area contributed by atoms with Gasteiger partial charge in [0, 0.05) is 41.3 Å². The van der Waals surface area contributed by atoms with E-state index in [0.717, 1.165) is 23.1 Å². The molecule has 29 heavy (non-hydrogen) atoms. The van der Waals surface area contributed by atoms with Gasteiger partial charge < -0.3 is 19.4 Å². The zero-order valence-electron chi connectivity index (χ0n) is 17.0. The zero-order chi connectivity index (χ0) is 20.8. The predicted octanol–water partition coefficient (Wildman–Crippen LogP) is 4.67. The van der Waals surface area contributed by atoms with Crippen LogP contribution in [0.15, 0.2) is 48.7 Å². The topological polar surface area (TPSA) is 69.6 Å². The number of ether oxygens (including phenoxy) is 2. The number of ketones is 1. The summed E-state index contributed by atoms with van der Waals surface area (Å²) in [6, 6.07) is 13.1. The number of methoxy groups -OCH3 is 1. The maximum atomic E-state index is 12.2. The van der Waals surface area contributed by atoms with E-state index < -0.39 is 0 Å². The van der Waals surface area contributed by atoms with Crippen LogP contribution in [-0.2, 0) is 11.3 Å². The van der Waals surface area contributed by atoms with Gasteiger partial charge in [-0.05, 0) is 62.7 Å². The number of nitrogens with one attached hydrogen (secondary N) is 1. The number of nitrogens with zero attached hydrogens (tertiary/aromatic N) is 1. The third-order valence-corrected chi connectivity index (χ3v) is 4.77. The molecule has 0 bridgehead atoms. The van der Waals surface area contributed by atoms with Crippen LogP contribution in [-0.4, -0.2) is 30.0 Å². The van der Waals surface area contributed by atoms with Crippen LogP contribution >= 0.6 is 0 Å². The van der Waals surface area contributed by atoms with Gasteiger partial charge in [0.2, 0.25) is 5.91 Å². The minimum absolute atomic E-state index is 0.0315. The van der Waals surface area contributed by atoms with Gasteiger partial charge in [-0.25, -0.2) is 0 Å². The molecular formula is C23H26N2O4. The molecule has 6 heteroatoms. The van der Waals surface area contributed by atoms with E-state index in [1.807, 2.05) is 30.5 Å². The molecule has 1 aromatic heterocycles. The van der Waals surface area contributed by atoms with Gasteiger partial charge in [0.05, 0.1) is 13.7 Å². The van der Waals surface area contributed by atoms with Crippen molar-refractivity contribution in [2.45, 2.75) is 33.2 Å². The molecule has 0 radical (unpaired) electrons. The second-order valence-corrected chi connectivity index (χ2v) is 6.80. The molecule has 3 aromatic rings. The van der Waals surface area contributed by atoms with Crippen molar-refractivity contribution in [1.29, 1.82) is 0 Å². The van der Waals surface area contributed by atoms with Gasteiger partial charge in [-0.15, -0.1) is 0 Å². The summed E-state index contributed by atoms with van der Waals surface area (Å²) in [4.78, 5) is 23.7. The average Bonchev–Trinajstić information content (AvgIpc) is 3.13. The normalized spacial score (nSPS) is 10.7. The van der Waals surface area contributed by atoms with Crippen LogP contribution in [0.1, 0.15) is 37.0 Å². The van der Waals surface area contributed by atoms with Crippen molar-refractivity contribution in [3.8, 4) is 11.5 Å². The highest BCUT2D eigenvalue weighted by Gasteiger charge is 2.09. The van der Waals surface area contributed by atoms with Crippen molar-refractivity contribution in [3.63, 3.8) is 0 Å². The summed E-state index contributed by atoms with van der Waals surface area (Å²) in [5.74, 6) is 0.982. The molecule has 0 aliphatic heterocycles. The number of hydrogen-bond acceptors (Lipinski definition) is 4. The van der Waals surface area contributed by atoms with E-state index in [0.29, 0.717) is 36.5 Å². The summed E-state index contributed by atoms with van der Waals surface area (Å²) >= 11 is 0. The third kappa shape index (κ3) is 4.96. The van der Waals surface area contributed by atoms with Gasteiger partial charge in [-0.3, -0.25) is 9.59 Å². The molecular weight excluding hydrogens is 368 g/mol. The molecule has 1 amide bonds. The van der Waals surface area contributed by atoms with Crippen molar-refractivity contribution in [2.24, 2.45) is 0 Å². The molecule has 3 rings (SSSR count). The van der Waals surface area contributed by atoms with E-state index in [1.54, 1.807) is 18.2 Å². The molecule has 0 atom stereocenters. The first-order valence-corrected chi connectivity index (χ1v) is 9.72. The number of aryl methyl sites for hydroxylation is 1. The van der Waals surface area contributed by atoms with Crippen molar-refractivity contribution in [2.75, 3.05) is 19.0 Å². The summed E-state index contributed by atoms with van der Waals surface area (Å²) in [6.07, 6.45) is 2.96. The minimum Gasteiger partial charge on any atom is -0.493 e. The lowest BCUT2D eigenvalue weighted by atomic mass is 10.1. The quantitative estimate of drug-likeness (QED) is 0.423. The summed E-state index contributed by atoms with van der Waals surface area (Å²) < 4.78 is 13.2. The molecule has 0 fully saturated rings. The Hall–Kier alpha value is -3.28. The Morgan fingerprint density at radius 2 is 1.90 bits per heavy atom. The highest BCUT2D eigenvalue weighted by molar-refractivity contribution is 5.95. The SMILES string of the molecule is CCn1ccc2cc(NC(=O)CCCOc3ccc(C(C)=O)cc3OC)ccc21. The van der Waals surface area contributed by atoms with Crippen LogP contribution < -0.4 is 14.8 Å². The molecule has 0 aliphatic carbocycles. The first-order chi connectivity index (χ1) is 14.0. The van der Waals surface area contributed by atoms with Crippen molar-refractivity contribution >= 4 is 28.3 Å². The molecule has 0 aliphatic rings. The van der Waals surface area contributed by atoms with Gasteiger partial charge in [0.15, 0.2) is 17.3 Å². The van der Waals surface area contributed by atoms with E-state index in [4.69, 9.17) is 9.47 Å². The van der Waals surface area contributed by atoms with Gasteiger partial charge in [-0.2, -0.15) is 0 Å². The van der Waals surface area contributed by atoms with Crippen LogP contribution in [0.4, 0.5) is 5.69 Å². The van der Waals surface area contributed by atoms with E-state index in [2.05, 4.69) is 16.8 Å². The largest absolute Gasteiger partial charge is 0.493 e. The number of benzene rings is 2. The lowest BCUT2D eigenvalue weighted by molar-refractivity contribution is -0.116. The average molecular weight is 394 g/mol. The fourth-order valence-corrected chi connectivity index (χ4v) is 3.20. The molecule has 6 nitrogen and oxygen atoms in total. The molecule has 1 heterocycles. The Morgan fingerprint density at radius 3 is 2.62 bits per heavy atom. The number of anilines is 1. The Bertz CT molecular complexity index is 1020. The maximum absolute atomic E-state index is 12.2. The van der Waals surface area contributed by atoms with E-state index in [9.17, 15) is 9.59 Å². The molecule has 0 saturated carbocycles. The Kier molecular flexibility index (Phi) is 6.54. The van der Waals surface area contributed by atoms with Crippen LogP contribution in [0.3, 0.4) is 0 Å². The van der Waals surface area contributed by atoms with E-state index in [-0.39, 0.29) is 11.7 Å². The third-order valence-electron chi connectivity index (χ3n) is 4.77. The van der Waals surface area contributed by atoms with Crippen LogP contribution in [0, 0.1) is 0 Å². The number of carbonyl (C=O) groups is 2. The maximum Gasteiger partial charge on any atom is 0.224 e. The monoisotopic (exact) mass is 394 g/mol. The molecule has 0 unspecified atom stereocenters. The number of carbonyl (C=O) groups excluding carboxylic acids is 2. The first-order valence-electron chi connectivity index (χ1n) is 9.72. The van der Waals surface area contributed by atoms with Crippen molar-refractivity contribution in [3.05, 3.63) is 54.2 Å². The van der Waals surface area contributed by atoms with Crippen LogP contribution in [0.2, 0.25) is 0 Å². The second kappa shape index (κ2) is 9.28. The summed E-state index contributed by atoms with van der Waals surface area (Å²) in [7, 11) is 1.53. The lowest BCUT2D eigenvalue weighted by Gasteiger charge is -2.11. The number of Topliss-reactive ketones (excluding diaryl/α,β-unsaturated/α-hetero) is 1. The fraction of sp³-hybridized carbons (Fsp3) is 0.304. The van der Waals surface area contributed by atoms with Crippen LogP contribution in [0.25, 0.3) is 10.9 Å². The van der Waals surface area contributed by atoms with E-state index in [1.165, 1.54) is 14.0 Å². The fourth-order valence-electron chi connectivity index (χ4n) is 3.20. The van der Waals surface area contributed by atoms with Crippen molar-refractivity contribution < 1.29 is 19.1 Å². The van der Waals surface area contributed by atoms with Gasteiger partial charge >= 0.3 is 0 Å². The lowest BCUT2D eigenvalue weighted by Crippen LogP contribution is -2.13. The Balaban J connectivity index is 1.49. The molecule has 2 aromatic carbocycles. The van der Waals surface area contributed by atoms with Gasteiger partial charge in [-0.1, -0.05) is 0 Å². The molecule has 0 spiro atoms. The molecule has 1 N–H and O–H groups in total. The molecule has 152 valence electrons. The van der Waals surface area contributed by atoms with Crippen LogP contribution in [0.5, 0.6) is 11.5 Å². The van der Waals surface area contributed by atoms with Gasteiger partial charge in [0.1, 0.15) is 0 Å². The highest BCUT2D eigenvalue weighted by atomic mass is 16.5. The standard InChI is InChI=1S/C23H26N2O4/c1-4-25-12-11-18-14-19(8-9-20(18)25)24-23(27)6-5-13-29-21-10-7-17(16(2)26)15-22(21)28-3/h7-12,14-15H,4-6,13H2,1-3H3,(H,24,27). The second-order valence-electron chi connectivity index (χ2n) is 6.80. The minimum atomic E-state index is -0.0539. The Morgan fingerprint density at radius 1 is 1.07 bits per heavy atom. The number of fused-ring (bicyclic) bond motifs is 1. The number of aromatic nitrogens is 1. The summed E-state index contributed by atoms with van der Waals surface area (Å²) in [5, 5.41) is 4.04. The Labute approximate surface area is 170 Å². The zero-order valence-corrected chi connectivity index (χ0v) is 17.0. The number of amides is 1. The smallest absolute Gasteiger partial charge is 0.224 e. The highest BCUT2D eigenvalue weighted by Crippen LogP contribution is 2.28. The van der Waals surface area contributed by atoms with Gasteiger partial charge in [0.25, 0.3) is 0 Å². The number of rotatable bonds is 9. The van der Waals surface area contributed by atoms with Crippen molar-refractivity contribution in [1.82, 2.24) is 4.57 Å². The van der Waals surface area contributed by atoms with E-state index >= 15 is 0 Å². The summed E-state index contributed by atoms with van der Waals surface area (Å²) in [6.45, 7) is 4.90. The first kappa shape index (κ1) is 20.5. The summed E-state index contributed by atoms with van der Waals surface area (Å²) in [5.41, 5.74) is 2.52.